The van der Waals surface area contributed by atoms with Crippen molar-refractivity contribution in [1.29, 1.82) is 0 Å². The molecule has 6 rings (SSSR count). The molecule has 41 heavy (non-hydrogen) atoms. The maximum absolute atomic E-state index is 14.0. The standard InChI is InChI=1S/C29H24Br2Cl2N2O6/c1-34-26(39)28(32)11-17-14(8-9-15-19(17)25(38)35(24(15)37)12-13-6-4-3-5-7-13)20(29(28,33)27(34)40)16-10-18(41-2)23(36)22(31)21(16)30/h3-8,10,15,17,19-20,36H,9,11-12H2,1-2H3. The molecular formula is C29H24Br2Cl2N2O6. The number of imide groups is 2. The Morgan fingerprint density at radius 1 is 1.02 bits per heavy atom. The topological polar surface area (TPSA) is 104 Å². The Hall–Kier alpha value is -2.40. The van der Waals surface area contributed by atoms with Gasteiger partial charge in [0.15, 0.2) is 21.2 Å². The molecule has 1 N–H and O–H groups in total. The summed E-state index contributed by atoms with van der Waals surface area (Å²) in [6.45, 7) is 0.135. The van der Waals surface area contributed by atoms with Gasteiger partial charge in [0, 0.05) is 17.4 Å². The molecule has 3 fully saturated rings. The molecule has 2 aromatic carbocycles. The Balaban J connectivity index is 1.53. The fourth-order valence-corrected chi connectivity index (χ4v) is 9.02. The van der Waals surface area contributed by atoms with E-state index in [9.17, 15) is 24.3 Å². The number of hydrogen-bond acceptors (Lipinski definition) is 6. The Kier molecular flexibility index (Phi) is 6.88. The van der Waals surface area contributed by atoms with Crippen LogP contribution < -0.4 is 4.74 Å². The van der Waals surface area contributed by atoms with Gasteiger partial charge in [-0.25, -0.2) is 0 Å². The van der Waals surface area contributed by atoms with Crippen LogP contribution in [0.25, 0.3) is 0 Å². The number of hydrogen-bond donors (Lipinski definition) is 1. The van der Waals surface area contributed by atoms with Gasteiger partial charge in [-0.1, -0.05) is 42.0 Å². The van der Waals surface area contributed by atoms with Gasteiger partial charge in [0.2, 0.25) is 11.8 Å². The van der Waals surface area contributed by atoms with Crippen LogP contribution in [0, 0.1) is 17.8 Å². The summed E-state index contributed by atoms with van der Waals surface area (Å²) in [4.78, 5) is 53.3. The zero-order valence-corrected chi connectivity index (χ0v) is 26.6. The Morgan fingerprint density at radius 2 is 1.71 bits per heavy atom. The van der Waals surface area contributed by atoms with Crippen LogP contribution >= 0.6 is 55.1 Å². The number of amides is 4. The Morgan fingerprint density at radius 3 is 2.37 bits per heavy atom. The van der Waals surface area contributed by atoms with Crippen molar-refractivity contribution in [3.05, 3.63) is 68.1 Å². The van der Waals surface area contributed by atoms with Gasteiger partial charge in [0.1, 0.15) is 0 Å². The molecule has 2 aliphatic heterocycles. The van der Waals surface area contributed by atoms with E-state index in [-0.39, 0.29) is 47.2 Å². The number of ether oxygens (including phenoxy) is 1. The fraction of sp³-hybridized carbons (Fsp3) is 0.379. The van der Waals surface area contributed by atoms with Gasteiger partial charge in [0.25, 0.3) is 11.8 Å². The first-order valence-corrected chi connectivity index (χ1v) is 15.3. The number of allylic oxidation sites excluding steroid dienone is 2. The van der Waals surface area contributed by atoms with Gasteiger partial charge >= 0.3 is 0 Å². The molecule has 0 bridgehead atoms. The molecule has 0 spiro atoms. The van der Waals surface area contributed by atoms with Gasteiger partial charge in [-0.15, -0.1) is 23.2 Å². The van der Waals surface area contributed by atoms with E-state index in [1.54, 1.807) is 6.07 Å². The highest BCUT2D eigenvalue weighted by molar-refractivity contribution is 9.13. The van der Waals surface area contributed by atoms with Gasteiger partial charge in [-0.05, 0) is 67.8 Å². The second-order valence-corrected chi connectivity index (χ2v) is 13.7. The number of nitrogens with zero attached hydrogens (tertiary/aromatic N) is 2. The first-order valence-electron chi connectivity index (χ1n) is 12.9. The first kappa shape index (κ1) is 28.7. The number of benzene rings is 2. The van der Waals surface area contributed by atoms with Gasteiger partial charge in [0.05, 0.1) is 30.0 Å². The highest BCUT2D eigenvalue weighted by Crippen LogP contribution is 2.66. The second-order valence-electron chi connectivity index (χ2n) is 10.9. The maximum Gasteiger partial charge on any atom is 0.253 e. The van der Waals surface area contributed by atoms with E-state index < -0.39 is 45.2 Å². The summed E-state index contributed by atoms with van der Waals surface area (Å²) < 4.78 is 6.04. The number of phenolic OH excluding ortho intramolecular Hbond substituents is 1. The summed E-state index contributed by atoms with van der Waals surface area (Å²) in [6, 6.07) is 10.8. The third kappa shape index (κ3) is 3.76. The van der Waals surface area contributed by atoms with E-state index in [2.05, 4.69) is 31.9 Å². The van der Waals surface area contributed by atoms with Crippen LogP contribution in [-0.2, 0) is 25.7 Å². The Bertz CT molecular complexity index is 1570. The number of halogens is 4. The number of alkyl halides is 2. The van der Waals surface area contributed by atoms with E-state index in [1.165, 1.54) is 19.1 Å². The monoisotopic (exact) mass is 724 g/mol. The molecule has 2 aliphatic carbocycles. The zero-order chi connectivity index (χ0) is 29.6. The summed E-state index contributed by atoms with van der Waals surface area (Å²) in [5.74, 6) is -5.05. The van der Waals surface area contributed by atoms with Crippen molar-refractivity contribution in [2.24, 2.45) is 17.8 Å². The van der Waals surface area contributed by atoms with Crippen LogP contribution in [0.5, 0.6) is 11.5 Å². The van der Waals surface area contributed by atoms with Crippen molar-refractivity contribution < 1.29 is 29.0 Å². The molecule has 8 nitrogen and oxygen atoms in total. The van der Waals surface area contributed by atoms with Crippen LogP contribution in [0.2, 0.25) is 0 Å². The minimum Gasteiger partial charge on any atom is -0.503 e. The molecule has 4 amide bonds. The smallest absolute Gasteiger partial charge is 0.253 e. The van der Waals surface area contributed by atoms with E-state index in [4.69, 9.17) is 27.9 Å². The predicted molar refractivity (Wildman–Crippen MR) is 158 cm³/mol. The number of methoxy groups -OCH3 is 1. The summed E-state index contributed by atoms with van der Waals surface area (Å²) in [5, 5.41) is 10.6. The number of rotatable bonds is 4. The molecule has 2 saturated heterocycles. The maximum atomic E-state index is 14.0. The summed E-state index contributed by atoms with van der Waals surface area (Å²) in [5.41, 5.74) is 1.91. The summed E-state index contributed by atoms with van der Waals surface area (Å²) >= 11 is 21.4. The molecule has 214 valence electrons. The third-order valence-corrected chi connectivity index (χ3v) is 12.6. The van der Waals surface area contributed by atoms with Gasteiger partial charge in [-0.2, -0.15) is 0 Å². The van der Waals surface area contributed by atoms with Crippen LogP contribution in [-0.4, -0.2) is 62.4 Å². The molecule has 2 aromatic rings. The number of fused-ring (bicyclic) bond motifs is 4. The average molecular weight is 727 g/mol. The van der Waals surface area contributed by atoms with Crippen LogP contribution in [0.3, 0.4) is 0 Å². The van der Waals surface area contributed by atoms with Crippen molar-refractivity contribution in [1.82, 2.24) is 9.80 Å². The normalized spacial score (nSPS) is 32.6. The summed E-state index contributed by atoms with van der Waals surface area (Å²) in [7, 11) is 2.72. The minimum absolute atomic E-state index is 0.0946. The highest BCUT2D eigenvalue weighted by Gasteiger charge is 2.76. The summed E-state index contributed by atoms with van der Waals surface area (Å²) in [6.07, 6.45) is 2.03. The van der Waals surface area contributed by atoms with Crippen molar-refractivity contribution >= 4 is 78.7 Å². The number of phenols is 1. The number of carbonyl (C=O) groups is 4. The van der Waals surface area contributed by atoms with Crippen molar-refractivity contribution in [2.75, 3.05) is 14.2 Å². The molecule has 0 aromatic heterocycles. The number of likely N-dealkylation sites (tertiary alicyclic amines) is 2. The average Bonchev–Trinajstić information content (AvgIpc) is 3.27. The zero-order valence-electron chi connectivity index (χ0n) is 21.9. The molecule has 0 radical (unpaired) electrons. The largest absolute Gasteiger partial charge is 0.503 e. The fourth-order valence-electron chi connectivity index (χ4n) is 7.05. The lowest BCUT2D eigenvalue weighted by Crippen LogP contribution is -2.60. The first-order chi connectivity index (χ1) is 19.4. The van der Waals surface area contributed by atoms with Gasteiger partial charge < -0.3 is 9.84 Å². The van der Waals surface area contributed by atoms with E-state index >= 15 is 0 Å². The molecule has 12 heteroatoms. The van der Waals surface area contributed by atoms with E-state index in [0.29, 0.717) is 15.6 Å². The number of carbonyl (C=O) groups excluding carboxylic acids is 4. The van der Waals surface area contributed by atoms with Gasteiger partial charge in [-0.3, -0.25) is 29.0 Å². The third-order valence-electron chi connectivity index (χ3n) is 8.99. The van der Waals surface area contributed by atoms with Crippen LogP contribution in [0.15, 0.2) is 57.0 Å². The SMILES string of the molecule is COc1cc(C2C3=CCC4C(=O)N(Cc5ccccc5)C(=O)C4C3CC3(Cl)C(=O)N(C)C(=O)C23Cl)c(Br)c(Br)c1O. The number of aromatic hydroxyl groups is 1. The second kappa shape index (κ2) is 9.82. The van der Waals surface area contributed by atoms with Crippen molar-refractivity contribution in [3.8, 4) is 11.5 Å². The predicted octanol–water partition coefficient (Wildman–Crippen LogP) is 5.11. The molecule has 6 atom stereocenters. The highest BCUT2D eigenvalue weighted by atomic mass is 79.9. The Labute approximate surface area is 262 Å². The lowest BCUT2D eigenvalue weighted by Gasteiger charge is -2.51. The van der Waals surface area contributed by atoms with E-state index in [1.807, 2.05) is 36.4 Å². The quantitative estimate of drug-likeness (QED) is 0.267. The molecule has 2 heterocycles. The molecule has 4 aliphatic rings. The molecule has 6 unspecified atom stereocenters. The molecule has 1 saturated carbocycles. The lowest BCUT2D eigenvalue weighted by molar-refractivity contribution is -0.141. The van der Waals surface area contributed by atoms with Crippen molar-refractivity contribution in [3.63, 3.8) is 0 Å². The lowest BCUT2D eigenvalue weighted by atomic mass is 9.56. The van der Waals surface area contributed by atoms with Crippen molar-refractivity contribution in [2.45, 2.75) is 35.1 Å². The van der Waals surface area contributed by atoms with Crippen LogP contribution in [0.4, 0.5) is 0 Å². The minimum atomic E-state index is -1.95. The van der Waals surface area contributed by atoms with E-state index in [0.717, 1.165) is 10.5 Å². The van der Waals surface area contributed by atoms with Crippen LogP contribution in [0.1, 0.15) is 29.9 Å². The molecular weight excluding hydrogens is 703 g/mol.